The molecule has 110 valence electrons. The number of nitrogens with zero attached hydrogens (tertiary/aromatic N) is 1. The van der Waals surface area contributed by atoms with Gasteiger partial charge in [-0.1, -0.05) is 61.9 Å². The summed E-state index contributed by atoms with van der Waals surface area (Å²) < 4.78 is 0. The summed E-state index contributed by atoms with van der Waals surface area (Å²) in [6, 6.07) is 18.1. The molecule has 3 rings (SSSR count). The van der Waals surface area contributed by atoms with Crippen LogP contribution in [0.15, 0.2) is 59.6 Å². The van der Waals surface area contributed by atoms with Crippen molar-refractivity contribution >= 4 is 28.8 Å². The van der Waals surface area contributed by atoms with Crippen molar-refractivity contribution < 1.29 is 4.79 Å². The van der Waals surface area contributed by atoms with Crippen LogP contribution < -0.4 is 0 Å². The molecule has 2 aromatic rings. The first-order valence-electron chi connectivity index (χ1n) is 7.73. The lowest BCUT2D eigenvalue weighted by atomic mass is 9.93. The average molecular weight is 289 g/mol. The molecule has 1 aliphatic heterocycles. The Morgan fingerprint density at radius 3 is 2.50 bits per heavy atom. The van der Waals surface area contributed by atoms with Gasteiger partial charge in [0.05, 0.1) is 11.4 Å². The number of hydrogen-bond acceptors (Lipinski definition) is 2. The molecule has 2 aromatic carbocycles. The smallest absolute Gasteiger partial charge is 0.181 e. The van der Waals surface area contributed by atoms with Crippen molar-refractivity contribution in [2.45, 2.75) is 26.2 Å². The maximum absolute atomic E-state index is 12.6. The van der Waals surface area contributed by atoms with Gasteiger partial charge in [-0.25, -0.2) is 4.99 Å². The van der Waals surface area contributed by atoms with Crippen molar-refractivity contribution in [2.75, 3.05) is 0 Å². The number of Topliss-reactive ketones (excluding diaryl/α,β-unsaturated/α-hetero) is 1. The Bertz CT molecular complexity index is 741. The number of para-hydroxylation sites is 1. The maximum atomic E-state index is 12.6. The Kier molecular flexibility index (Phi) is 4.29. The van der Waals surface area contributed by atoms with Gasteiger partial charge < -0.3 is 0 Å². The van der Waals surface area contributed by atoms with E-state index >= 15 is 0 Å². The quantitative estimate of drug-likeness (QED) is 0.775. The van der Waals surface area contributed by atoms with Crippen LogP contribution in [0.3, 0.4) is 0 Å². The van der Waals surface area contributed by atoms with Crippen molar-refractivity contribution in [3.63, 3.8) is 0 Å². The second kappa shape index (κ2) is 6.52. The molecule has 2 heteroatoms. The molecule has 0 atom stereocenters. The lowest BCUT2D eigenvalue weighted by Crippen LogP contribution is -2.15. The third-order valence-electron chi connectivity index (χ3n) is 3.83. The van der Waals surface area contributed by atoms with E-state index in [1.54, 1.807) is 0 Å². The van der Waals surface area contributed by atoms with Gasteiger partial charge >= 0.3 is 0 Å². The SMILES string of the molecule is CCCC1=Nc2ccccc2/C=C(/c2ccccc2)CC1=O. The molecule has 0 radical (unpaired) electrons. The van der Waals surface area contributed by atoms with Crippen LogP contribution >= 0.6 is 0 Å². The number of hydrogen-bond donors (Lipinski definition) is 0. The zero-order valence-electron chi connectivity index (χ0n) is 12.8. The highest BCUT2D eigenvalue weighted by Gasteiger charge is 2.17. The van der Waals surface area contributed by atoms with Crippen molar-refractivity contribution in [2.24, 2.45) is 4.99 Å². The molecule has 0 unspecified atom stereocenters. The summed E-state index contributed by atoms with van der Waals surface area (Å²) >= 11 is 0. The normalized spacial score (nSPS) is 16.9. The van der Waals surface area contributed by atoms with Crippen LogP contribution in [-0.4, -0.2) is 11.5 Å². The topological polar surface area (TPSA) is 29.4 Å². The van der Waals surface area contributed by atoms with E-state index in [1.165, 1.54) is 0 Å². The lowest BCUT2D eigenvalue weighted by molar-refractivity contribution is -0.112. The predicted molar refractivity (Wildman–Crippen MR) is 92.4 cm³/mol. The molecule has 22 heavy (non-hydrogen) atoms. The number of rotatable bonds is 3. The molecule has 1 aliphatic rings. The van der Waals surface area contributed by atoms with Crippen LogP contribution in [-0.2, 0) is 4.79 Å². The van der Waals surface area contributed by atoms with Gasteiger partial charge in [0.25, 0.3) is 0 Å². The van der Waals surface area contributed by atoms with E-state index in [1.807, 2.05) is 36.4 Å². The molecule has 0 bridgehead atoms. The van der Waals surface area contributed by atoms with Gasteiger partial charge in [0.1, 0.15) is 0 Å². The molecule has 0 aliphatic carbocycles. The number of carbonyl (C=O) groups is 1. The Morgan fingerprint density at radius 1 is 1.00 bits per heavy atom. The van der Waals surface area contributed by atoms with Gasteiger partial charge in [-0.3, -0.25) is 4.79 Å². The summed E-state index contributed by atoms with van der Waals surface area (Å²) in [5.74, 6) is 0.131. The van der Waals surface area contributed by atoms with Crippen LogP contribution in [0.1, 0.15) is 37.3 Å². The fourth-order valence-electron chi connectivity index (χ4n) is 2.70. The molecule has 0 aromatic heterocycles. The molecule has 0 spiro atoms. The van der Waals surface area contributed by atoms with E-state index in [-0.39, 0.29) is 5.78 Å². The number of aliphatic imine (C=N–C) groups is 1. The van der Waals surface area contributed by atoms with E-state index in [4.69, 9.17) is 0 Å². The van der Waals surface area contributed by atoms with Gasteiger partial charge in [0.15, 0.2) is 5.78 Å². The minimum atomic E-state index is 0.131. The number of ketones is 1. The molecule has 0 amide bonds. The van der Waals surface area contributed by atoms with Crippen molar-refractivity contribution in [3.8, 4) is 0 Å². The standard InChI is InChI=1S/C20H19NO/c1-2-8-19-20(22)14-17(15-9-4-3-5-10-15)13-16-11-6-7-12-18(16)21-19/h3-7,9-13H,2,8,14H2,1H3/b17-13+,21-19?. The van der Waals surface area contributed by atoms with Crippen LogP contribution in [0.4, 0.5) is 5.69 Å². The zero-order chi connectivity index (χ0) is 15.4. The summed E-state index contributed by atoms with van der Waals surface area (Å²) in [5.41, 5.74) is 4.80. The Hall–Kier alpha value is -2.48. The molecule has 0 saturated carbocycles. The van der Waals surface area contributed by atoms with Crippen LogP contribution in [0.2, 0.25) is 0 Å². The van der Waals surface area contributed by atoms with E-state index in [0.717, 1.165) is 35.2 Å². The van der Waals surface area contributed by atoms with Gasteiger partial charge in [-0.05, 0) is 29.7 Å². The Balaban J connectivity index is 2.12. The zero-order valence-corrected chi connectivity index (χ0v) is 12.8. The number of carbonyl (C=O) groups excluding carboxylic acids is 1. The van der Waals surface area contributed by atoms with Crippen molar-refractivity contribution in [1.82, 2.24) is 0 Å². The summed E-state index contributed by atoms with van der Waals surface area (Å²) in [5, 5.41) is 0. The fourth-order valence-corrected chi connectivity index (χ4v) is 2.70. The molecule has 2 nitrogen and oxygen atoms in total. The molecular formula is C20H19NO. The van der Waals surface area contributed by atoms with Crippen molar-refractivity contribution in [3.05, 3.63) is 65.7 Å². The monoisotopic (exact) mass is 289 g/mol. The highest BCUT2D eigenvalue weighted by atomic mass is 16.1. The Morgan fingerprint density at radius 2 is 1.73 bits per heavy atom. The highest BCUT2D eigenvalue weighted by Crippen LogP contribution is 2.30. The summed E-state index contributed by atoms with van der Waals surface area (Å²) in [7, 11) is 0. The molecule has 1 heterocycles. The van der Waals surface area contributed by atoms with E-state index in [9.17, 15) is 4.79 Å². The first kappa shape index (κ1) is 14.5. The molecule has 0 saturated heterocycles. The summed E-state index contributed by atoms with van der Waals surface area (Å²) in [6.45, 7) is 2.08. The minimum absolute atomic E-state index is 0.131. The van der Waals surface area contributed by atoms with Crippen LogP contribution in [0.25, 0.3) is 11.6 Å². The van der Waals surface area contributed by atoms with E-state index < -0.39 is 0 Å². The van der Waals surface area contributed by atoms with Crippen LogP contribution in [0, 0.1) is 0 Å². The Labute approximate surface area is 131 Å². The lowest BCUT2D eigenvalue weighted by Gasteiger charge is -2.14. The third-order valence-corrected chi connectivity index (χ3v) is 3.83. The number of benzene rings is 2. The summed E-state index contributed by atoms with van der Waals surface area (Å²) in [4.78, 5) is 17.2. The van der Waals surface area contributed by atoms with Gasteiger partial charge in [-0.2, -0.15) is 0 Å². The molecular weight excluding hydrogens is 270 g/mol. The van der Waals surface area contributed by atoms with Crippen molar-refractivity contribution in [1.29, 1.82) is 0 Å². The molecule has 0 N–H and O–H groups in total. The molecule has 0 fully saturated rings. The highest BCUT2D eigenvalue weighted by molar-refractivity contribution is 6.42. The third kappa shape index (κ3) is 3.06. The van der Waals surface area contributed by atoms with Crippen LogP contribution in [0.5, 0.6) is 0 Å². The fraction of sp³-hybridized carbons (Fsp3) is 0.200. The second-order valence-electron chi connectivity index (χ2n) is 5.50. The average Bonchev–Trinajstić information content (AvgIpc) is 2.54. The largest absolute Gasteiger partial charge is 0.292 e. The van der Waals surface area contributed by atoms with Gasteiger partial charge in [0, 0.05) is 12.0 Å². The number of fused-ring (bicyclic) bond motifs is 1. The summed E-state index contributed by atoms with van der Waals surface area (Å²) in [6.07, 6.45) is 4.17. The van der Waals surface area contributed by atoms with E-state index in [0.29, 0.717) is 12.1 Å². The minimum Gasteiger partial charge on any atom is -0.292 e. The number of allylic oxidation sites excluding steroid dienone is 1. The first-order valence-corrected chi connectivity index (χ1v) is 7.73. The predicted octanol–water partition coefficient (Wildman–Crippen LogP) is 5.07. The van der Waals surface area contributed by atoms with E-state index in [2.05, 4.69) is 36.2 Å². The second-order valence-corrected chi connectivity index (χ2v) is 5.50. The maximum Gasteiger partial charge on any atom is 0.181 e. The first-order chi connectivity index (χ1) is 10.8. The van der Waals surface area contributed by atoms with Gasteiger partial charge in [-0.15, -0.1) is 0 Å². The van der Waals surface area contributed by atoms with Gasteiger partial charge in [0.2, 0.25) is 0 Å².